The molecule has 2 aliphatic rings. The van der Waals surface area contributed by atoms with E-state index in [0.717, 1.165) is 30.5 Å². The van der Waals surface area contributed by atoms with Crippen molar-refractivity contribution in [2.75, 3.05) is 23.4 Å². The Bertz CT molecular complexity index is 910. The Kier molecular flexibility index (Phi) is 5.08. The molecule has 27 heavy (non-hydrogen) atoms. The van der Waals surface area contributed by atoms with Crippen molar-refractivity contribution in [3.8, 4) is 0 Å². The molecule has 0 saturated carbocycles. The van der Waals surface area contributed by atoms with E-state index in [2.05, 4.69) is 5.32 Å². The summed E-state index contributed by atoms with van der Waals surface area (Å²) in [6.45, 7) is 1.27. The molecule has 2 heterocycles. The Labute approximate surface area is 167 Å². The first-order valence-corrected chi connectivity index (χ1v) is 9.61. The van der Waals surface area contributed by atoms with Crippen LogP contribution in [0.5, 0.6) is 0 Å². The lowest BCUT2D eigenvalue weighted by Gasteiger charge is -2.21. The van der Waals surface area contributed by atoms with Gasteiger partial charge in [-0.25, -0.2) is 0 Å². The van der Waals surface area contributed by atoms with Crippen molar-refractivity contribution >= 4 is 46.4 Å². The van der Waals surface area contributed by atoms with Crippen LogP contribution in [0.4, 0.5) is 11.4 Å². The molecule has 140 valence electrons. The zero-order chi connectivity index (χ0) is 19.0. The second-order valence-corrected chi connectivity index (χ2v) is 7.51. The van der Waals surface area contributed by atoms with Gasteiger partial charge in [-0.15, -0.1) is 0 Å². The highest BCUT2D eigenvalue weighted by atomic mass is 35.5. The standard InChI is InChI=1S/C20H18Cl2N2O3/c21-13-4-6-15(16(22)10-13)19(25)23-14-5-3-12-7-8-24(17(12)11-14)20(26)18-2-1-9-27-18/h3-6,10-11,18H,1-2,7-9H2,(H,23,25). The van der Waals surface area contributed by atoms with Crippen LogP contribution in [-0.4, -0.2) is 31.1 Å². The number of nitrogens with zero attached hydrogens (tertiary/aromatic N) is 1. The molecule has 0 aromatic heterocycles. The van der Waals surface area contributed by atoms with Gasteiger partial charge in [0.25, 0.3) is 11.8 Å². The average Bonchev–Trinajstić information content (AvgIpc) is 3.31. The van der Waals surface area contributed by atoms with Gasteiger partial charge in [-0.3, -0.25) is 9.59 Å². The molecule has 7 heteroatoms. The van der Waals surface area contributed by atoms with Crippen LogP contribution >= 0.6 is 23.2 Å². The van der Waals surface area contributed by atoms with E-state index in [1.165, 1.54) is 6.07 Å². The fourth-order valence-corrected chi connectivity index (χ4v) is 4.00. The summed E-state index contributed by atoms with van der Waals surface area (Å²) >= 11 is 12.0. The van der Waals surface area contributed by atoms with E-state index in [4.69, 9.17) is 27.9 Å². The van der Waals surface area contributed by atoms with Gasteiger partial charge < -0.3 is 15.0 Å². The third kappa shape index (κ3) is 3.68. The molecule has 0 aliphatic carbocycles. The lowest BCUT2D eigenvalue weighted by atomic mass is 10.1. The minimum absolute atomic E-state index is 0.00419. The molecule has 1 atom stereocenters. The number of rotatable bonds is 3. The summed E-state index contributed by atoms with van der Waals surface area (Å²) in [5.74, 6) is -0.331. The van der Waals surface area contributed by atoms with Gasteiger partial charge in [-0.2, -0.15) is 0 Å². The van der Waals surface area contributed by atoms with Crippen molar-refractivity contribution in [1.82, 2.24) is 0 Å². The van der Waals surface area contributed by atoms with E-state index in [1.54, 1.807) is 17.0 Å². The summed E-state index contributed by atoms with van der Waals surface area (Å²) in [6, 6.07) is 10.3. The number of hydrogen-bond donors (Lipinski definition) is 1. The Balaban J connectivity index is 1.54. The molecule has 1 saturated heterocycles. The number of carbonyl (C=O) groups is 2. The molecular formula is C20H18Cl2N2O3. The monoisotopic (exact) mass is 404 g/mol. The van der Waals surface area contributed by atoms with Crippen LogP contribution in [0, 0.1) is 0 Å². The van der Waals surface area contributed by atoms with E-state index >= 15 is 0 Å². The number of amides is 2. The molecule has 1 N–H and O–H groups in total. The SMILES string of the molecule is O=C(Nc1ccc2c(c1)N(C(=O)C1CCCO1)CC2)c1ccc(Cl)cc1Cl. The number of nitrogens with one attached hydrogen (secondary N) is 1. The number of halogens is 2. The Morgan fingerprint density at radius 2 is 2.00 bits per heavy atom. The van der Waals surface area contributed by atoms with Gasteiger partial charge in [-0.1, -0.05) is 29.3 Å². The summed E-state index contributed by atoms with van der Waals surface area (Å²) in [4.78, 5) is 27.0. The summed E-state index contributed by atoms with van der Waals surface area (Å²) in [5.41, 5.74) is 2.87. The van der Waals surface area contributed by atoms with Crippen LogP contribution in [-0.2, 0) is 16.0 Å². The van der Waals surface area contributed by atoms with E-state index in [9.17, 15) is 9.59 Å². The first kappa shape index (κ1) is 18.3. The van der Waals surface area contributed by atoms with Crippen molar-refractivity contribution in [3.05, 3.63) is 57.6 Å². The number of ether oxygens (including phenoxy) is 1. The molecule has 4 rings (SSSR count). The number of hydrogen-bond acceptors (Lipinski definition) is 3. The number of anilines is 2. The number of fused-ring (bicyclic) bond motifs is 1. The topological polar surface area (TPSA) is 58.6 Å². The highest BCUT2D eigenvalue weighted by Gasteiger charge is 2.32. The van der Waals surface area contributed by atoms with Gasteiger partial charge in [0.2, 0.25) is 0 Å². The second kappa shape index (κ2) is 7.50. The van der Waals surface area contributed by atoms with Gasteiger partial charge in [0.1, 0.15) is 6.10 Å². The smallest absolute Gasteiger partial charge is 0.257 e. The van der Waals surface area contributed by atoms with E-state index in [0.29, 0.717) is 29.4 Å². The molecule has 2 aliphatic heterocycles. The third-order valence-electron chi connectivity index (χ3n) is 4.89. The molecule has 2 amide bonds. The molecular weight excluding hydrogens is 387 g/mol. The molecule has 2 aromatic carbocycles. The average molecular weight is 405 g/mol. The fraction of sp³-hybridized carbons (Fsp3) is 0.300. The van der Waals surface area contributed by atoms with Gasteiger partial charge in [0, 0.05) is 29.5 Å². The maximum Gasteiger partial charge on any atom is 0.257 e. The maximum absolute atomic E-state index is 12.7. The van der Waals surface area contributed by atoms with E-state index in [1.807, 2.05) is 18.2 Å². The Morgan fingerprint density at radius 1 is 1.15 bits per heavy atom. The minimum atomic E-state index is -0.359. The van der Waals surface area contributed by atoms with Gasteiger partial charge in [-0.05, 0) is 55.2 Å². The van der Waals surface area contributed by atoms with Crippen molar-refractivity contribution in [2.45, 2.75) is 25.4 Å². The first-order chi connectivity index (χ1) is 13.0. The van der Waals surface area contributed by atoms with Crippen LogP contribution < -0.4 is 10.2 Å². The molecule has 0 radical (unpaired) electrons. The lowest BCUT2D eigenvalue weighted by Crippen LogP contribution is -2.37. The Hall–Kier alpha value is -2.08. The Morgan fingerprint density at radius 3 is 2.74 bits per heavy atom. The van der Waals surface area contributed by atoms with Crippen molar-refractivity contribution in [3.63, 3.8) is 0 Å². The summed E-state index contributed by atoms with van der Waals surface area (Å²) in [6.07, 6.45) is 2.11. The molecule has 1 unspecified atom stereocenters. The number of carbonyl (C=O) groups excluding carboxylic acids is 2. The van der Waals surface area contributed by atoms with E-state index < -0.39 is 0 Å². The quantitative estimate of drug-likeness (QED) is 0.828. The predicted molar refractivity (Wildman–Crippen MR) is 106 cm³/mol. The van der Waals surface area contributed by atoms with Crippen molar-refractivity contribution < 1.29 is 14.3 Å². The zero-order valence-electron chi connectivity index (χ0n) is 14.5. The maximum atomic E-state index is 12.7. The van der Waals surface area contributed by atoms with Crippen LogP contribution in [0.25, 0.3) is 0 Å². The normalized spacial score (nSPS) is 18.4. The summed E-state index contributed by atoms with van der Waals surface area (Å²) < 4.78 is 5.53. The second-order valence-electron chi connectivity index (χ2n) is 6.66. The van der Waals surface area contributed by atoms with Crippen molar-refractivity contribution in [2.24, 2.45) is 0 Å². The van der Waals surface area contributed by atoms with Gasteiger partial charge in [0.15, 0.2) is 0 Å². The van der Waals surface area contributed by atoms with Crippen LogP contribution in [0.15, 0.2) is 36.4 Å². The molecule has 2 aromatic rings. The van der Waals surface area contributed by atoms with Gasteiger partial charge in [0.05, 0.1) is 10.6 Å². The highest BCUT2D eigenvalue weighted by molar-refractivity contribution is 6.37. The molecule has 0 spiro atoms. The van der Waals surface area contributed by atoms with Crippen molar-refractivity contribution in [1.29, 1.82) is 0 Å². The first-order valence-electron chi connectivity index (χ1n) is 8.85. The highest BCUT2D eigenvalue weighted by Crippen LogP contribution is 2.33. The largest absolute Gasteiger partial charge is 0.368 e. The molecule has 0 bridgehead atoms. The number of benzene rings is 2. The zero-order valence-corrected chi connectivity index (χ0v) is 16.0. The molecule has 5 nitrogen and oxygen atoms in total. The van der Waals surface area contributed by atoms with Gasteiger partial charge >= 0.3 is 0 Å². The fourth-order valence-electron chi connectivity index (χ4n) is 3.50. The third-order valence-corrected chi connectivity index (χ3v) is 5.43. The van der Waals surface area contributed by atoms with Crippen LogP contribution in [0.1, 0.15) is 28.8 Å². The minimum Gasteiger partial charge on any atom is -0.368 e. The summed E-state index contributed by atoms with van der Waals surface area (Å²) in [7, 11) is 0. The van der Waals surface area contributed by atoms with E-state index in [-0.39, 0.29) is 22.9 Å². The van der Waals surface area contributed by atoms with Crippen LogP contribution in [0.3, 0.4) is 0 Å². The molecule has 1 fully saturated rings. The van der Waals surface area contributed by atoms with Crippen LogP contribution in [0.2, 0.25) is 10.0 Å². The predicted octanol–water partition coefficient (Wildman–Crippen LogP) is 4.31. The lowest BCUT2D eigenvalue weighted by molar-refractivity contribution is -0.127. The summed E-state index contributed by atoms with van der Waals surface area (Å²) in [5, 5.41) is 3.60.